The fourth-order valence-corrected chi connectivity index (χ4v) is 6.03. The van der Waals surface area contributed by atoms with Gasteiger partial charge in [-0.3, -0.25) is 4.79 Å². The second-order valence-corrected chi connectivity index (χ2v) is 11.4. The van der Waals surface area contributed by atoms with Crippen LogP contribution in [-0.4, -0.2) is 87.6 Å². The van der Waals surface area contributed by atoms with Gasteiger partial charge in [0.15, 0.2) is 0 Å². The summed E-state index contributed by atoms with van der Waals surface area (Å²) in [4.78, 5) is 27.2. The summed E-state index contributed by atoms with van der Waals surface area (Å²) in [6, 6.07) is 8.28. The zero-order valence-electron chi connectivity index (χ0n) is 24.4. The fourth-order valence-electron chi connectivity index (χ4n) is 4.98. The van der Waals surface area contributed by atoms with Gasteiger partial charge in [-0.25, -0.2) is 4.79 Å². The molecule has 0 aromatic heterocycles. The summed E-state index contributed by atoms with van der Waals surface area (Å²) in [5.41, 5.74) is -3.85. The number of morpholine rings is 1. The Morgan fingerprint density at radius 3 is 2.29 bits per heavy atom. The Labute approximate surface area is 260 Å². The number of nitrogens with one attached hydrogen (secondary N) is 1. The van der Waals surface area contributed by atoms with Crippen LogP contribution in [0.5, 0.6) is 0 Å². The van der Waals surface area contributed by atoms with Gasteiger partial charge in [-0.1, -0.05) is 23.9 Å². The average Bonchev–Trinajstić information content (AvgIpc) is 3.00. The van der Waals surface area contributed by atoms with Gasteiger partial charge in [-0.2, -0.15) is 26.3 Å². The molecule has 1 N–H and O–H groups in total. The number of methoxy groups -OCH3 is 1. The van der Waals surface area contributed by atoms with Crippen LogP contribution in [0.1, 0.15) is 29.5 Å². The van der Waals surface area contributed by atoms with Gasteiger partial charge in [0.2, 0.25) is 5.91 Å². The minimum absolute atomic E-state index is 0.0397. The molecular weight excluding hydrogens is 628 g/mol. The molecule has 2 aliphatic heterocycles. The third-order valence-electron chi connectivity index (χ3n) is 7.19. The first kappa shape index (κ1) is 34.4. The van der Waals surface area contributed by atoms with E-state index in [4.69, 9.17) is 14.2 Å². The van der Waals surface area contributed by atoms with E-state index >= 15 is 0 Å². The molecule has 0 unspecified atom stereocenters. The minimum atomic E-state index is -5.35. The summed E-state index contributed by atoms with van der Waals surface area (Å²) >= 11 is 0.564. The number of hydrogen-bond acceptors (Lipinski definition) is 7. The van der Waals surface area contributed by atoms with Crippen molar-refractivity contribution in [3.8, 4) is 0 Å². The van der Waals surface area contributed by atoms with E-state index in [1.807, 2.05) is 0 Å². The van der Waals surface area contributed by atoms with E-state index < -0.39 is 45.9 Å². The molecule has 15 heteroatoms. The van der Waals surface area contributed by atoms with E-state index in [1.165, 1.54) is 18.1 Å². The van der Waals surface area contributed by atoms with Crippen LogP contribution in [-0.2, 0) is 31.4 Å². The number of rotatable bonds is 9. The molecule has 0 spiro atoms. The number of anilines is 1. The number of hydrogen-bond donors (Lipinski definition) is 1. The van der Waals surface area contributed by atoms with Crippen LogP contribution in [0.4, 0.5) is 36.8 Å². The lowest BCUT2D eigenvalue weighted by molar-refractivity contribution is -0.163. The van der Waals surface area contributed by atoms with Gasteiger partial charge < -0.3 is 29.3 Å². The van der Waals surface area contributed by atoms with Crippen molar-refractivity contribution < 1.29 is 50.1 Å². The molecule has 0 bridgehead atoms. The Morgan fingerprint density at radius 2 is 1.64 bits per heavy atom. The van der Waals surface area contributed by atoms with Crippen molar-refractivity contribution in [1.29, 1.82) is 0 Å². The zero-order chi connectivity index (χ0) is 32.6. The molecule has 0 atom stereocenters. The van der Waals surface area contributed by atoms with Crippen molar-refractivity contribution in [3.05, 3.63) is 59.2 Å². The SMILES string of the molecule is COCCOC(=O)N1CCC(Nc2cccc(Sc3ccc(/C=C/C(=O)N4CCOCC4)c(C(F)(F)F)c3C(F)(F)F)c2)CC1. The number of carbonyl (C=O) groups is 2. The zero-order valence-corrected chi connectivity index (χ0v) is 25.2. The fraction of sp³-hybridized carbons (Fsp3) is 0.467. The third kappa shape index (κ3) is 9.53. The number of halogens is 6. The number of piperidine rings is 1. The number of carbonyl (C=O) groups excluding carboxylic acids is 2. The monoisotopic (exact) mass is 661 g/mol. The van der Waals surface area contributed by atoms with Crippen LogP contribution in [0.3, 0.4) is 0 Å². The van der Waals surface area contributed by atoms with Gasteiger partial charge in [-0.15, -0.1) is 0 Å². The highest BCUT2D eigenvalue weighted by Gasteiger charge is 2.46. The van der Waals surface area contributed by atoms with Gasteiger partial charge in [0.25, 0.3) is 0 Å². The molecule has 2 fully saturated rings. The maximum Gasteiger partial charge on any atom is 0.418 e. The normalized spacial score (nSPS) is 16.7. The summed E-state index contributed by atoms with van der Waals surface area (Å²) in [5, 5.41) is 3.30. The lowest BCUT2D eigenvalue weighted by Crippen LogP contribution is -2.42. The first-order valence-electron chi connectivity index (χ1n) is 14.2. The second kappa shape index (κ2) is 15.2. The topological polar surface area (TPSA) is 80.3 Å². The number of ether oxygens (including phenoxy) is 3. The van der Waals surface area contributed by atoms with Crippen molar-refractivity contribution in [2.24, 2.45) is 0 Å². The molecule has 8 nitrogen and oxygen atoms in total. The standard InChI is InChI=1S/C30H33F6N3O5S/c1-42-17-18-44-28(41)39-11-9-21(10-12-39)37-22-3-2-4-23(19-22)45-24-7-5-20(6-8-25(40)38-13-15-43-16-14-38)26(29(31,32)33)27(24)30(34,35)36/h2-8,19,21,37H,9-18H2,1H3/b8-6+. The summed E-state index contributed by atoms with van der Waals surface area (Å²) in [7, 11) is 1.50. The Hall–Kier alpha value is -3.43. The molecule has 2 heterocycles. The van der Waals surface area contributed by atoms with Crippen LogP contribution in [0.25, 0.3) is 6.08 Å². The number of likely N-dealkylation sites (tertiary alicyclic amines) is 1. The minimum Gasteiger partial charge on any atom is -0.447 e. The highest BCUT2D eigenvalue weighted by molar-refractivity contribution is 7.99. The third-order valence-corrected chi connectivity index (χ3v) is 8.24. The number of benzene rings is 2. The summed E-state index contributed by atoms with van der Waals surface area (Å²) < 4.78 is 101. The van der Waals surface area contributed by atoms with Crippen molar-refractivity contribution in [2.45, 2.75) is 41.0 Å². The molecule has 2 aliphatic rings. The highest BCUT2D eigenvalue weighted by Crippen LogP contribution is 2.48. The number of amides is 2. The van der Waals surface area contributed by atoms with Crippen LogP contribution in [0, 0.1) is 0 Å². The molecule has 2 aromatic rings. The molecule has 0 radical (unpaired) electrons. The quantitative estimate of drug-likeness (QED) is 0.189. The lowest BCUT2D eigenvalue weighted by atomic mass is 9.99. The maximum atomic E-state index is 14.3. The first-order chi connectivity index (χ1) is 21.4. The van der Waals surface area contributed by atoms with Crippen molar-refractivity contribution >= 4 is 35.5 Å². The first-order valence-corrected chi connectivity index (χ1v) is 15.0. The van der Waals surface area contributed by atoms with E-state index in [9.17, 15) is 35.9 Å². The molecule has 246 valence electrons. The molecule has 0 saturated carbocycles. The van der Waals surface area contributed by atoms with Crippen LogP contribution < -0.4 is 5.32 Å². The summed E-state index contributed by atoms with van der Waals surface area (Å²) in [5.74, 6) is -0.615. The largest absolute Gasteiger partial charge is 0.447 e. The Kier molecular flexibility index (Phi) is 11.7. The Balaban J connectivity index is 1.51. The van der Waals surface area contributed by atoms with Gasteiger partial charge in [0.05, 0.1) is 30.9 Å². The van der Waals surface area contributed by atoms with Gasteiger partial charge in [0.1, 0.15) is 6.61 Å². The summed E-state index contributed by atoms with van der Waals surface area (Å²) in [6.07, 6.45) is -8.31. The predicted octanol–water partition coefficient (Wildman–Crippen LogP) is 6.41. The second-order valence-electron chi connectivity index (χ2n) is 10.3. The van der Waals surface area contributed by atoms with Crippen molar-refractivity contribution in [1.82, 2.24) is 9.80 Å². The van der Waals surface area contributed by atoms with E-state index in [0.29, 0.717) is 48.3 Å². The van der Waals surface area contributed by atoms with E-state index in [-0.39, 0.29) is 45.6 Å². The molecular formula is C30H33F6N3O5S. The van der Waals surface area contributed by atoms with Gasteiger partial charge >= 0.3 is 18.4 Å². The number of nitrogens with zero attached hydrogens (tertiary/aromatic N) is 2. The smallest absolute Gasteiger partial charge is 0.418 e. The molecule has 4 rings (SSSR count). The van der Waals surface area contributed by atoms with Crippen LogP contribution in [0.15, 0.2) is 52.3 Å². The Morgan fingerprint density at radius 1 is 0.956 bits per heavy atom. The maximum absolute atomic E-state index is 14.3. The van der Waals surface area contributed by atoms with Crippen LogP contribution >= 0.6 is 11.8 Å². The molecule has 2 saturated heterocycles. The Bertz CT molecular complexity index is 1360. The van der Waals surface area contributed by atoms with Crippen LogP contribution in [0.2, 0.25) is 0 Å². The molecule has 0 aliphatic carbocycles. The van der Waals surface area contributed by atoms with Gasteiger partial charge in [0, 0.05) is 60.9 Å². The summed E-state index contributed by atoms with van der Waals surface area (Å²) in [6.45, 7) is 2.30. The van der Waals surface area contributed by atoms with E-state index in [2.05, 4.69) is 5.32 Å². The average molecular weight is 662 g/mol. The predicted molar refractivity (Wildman–Crippen MR) is 155 cm³/mol. The van der Waals surface area contributed by atoms with Crippen molar-refractivity contribution in [3.63, 3.8) is 0 Å². The lowest BCUT2D eigenvalue weighted by Gasteiger charge is -2.32. The molecule has 45 heavy (non-hydrogen) atoms. The van der Waals surface area contributed by atoms with Gasteiger partial charge in [-0.05, 0) is 48.7 Å². The number of alkyl halides is 6. The molecule has 2 aromatic carbocycles. The molecule has 2 amide bonds. The van der Waals surface area contributed by atoms with E-state index in [1.54, 1.807) is 23.1 Å². The van der Waals surface area contributed by atoms with Crippen molar-refractivity contribution in [2.75, 3.05) is 65.0 Å². The highest BCUT2D eigenvalue weighted by atomic mass is 32.2. The van der Waals surface area contributed by atoms with E-state index in [0.717, 1.165) is 24.3 Å².